The summed E-state index contributed by atoms with van der Waals surface area (Å²) in [6.07, 6.45) is 0. The highest BCUT2D eigenvalue weighted by Gasteiger charge is 2.24. The van der Waals surface area contributed by atoms with E-state index in [0.29, 0.717) is 5.56 Å². The first-order valence-corrected chi connectivity index (χ1v) is 5.01. The maximum atomic E-state index is 11.7. The molecular weight excluding hydrogens is 224 g/mol. The molecule has 2 N–H and O–H groups in total. The second-order valence-corrected chi connectivity index (χ2v) is 4.14. The molecule has 5 heteroatoms. The monoisotopic (exact) mass is 238 g/mol. The van der Waals surface area contributed by atoms with Gasteiger partial charge in [-0.1, -0.05) is 12.1 Å². The standard InChI is InChI=1S/C12H14O5/c1-7-5-4-6-8(9(7)10(13)14)11(15)17-12(2,3)16/h4-6,16H,1-3H3,(H,13,14). The van der Waals surface area contributed by atoms with Crippen LogP contribution in [-0.4, -0.2) is 27.9 Å². The average Bonchev–Trinajstić information content (AvgIpc) is 2.13. The van der Waals surface area contributed by atoms with Gasteiger partial charge < -0.3 is 14.9 Å². The smallest absolute Gasteiger partial charge is 0.341 e. The predicted molar refractivity (Wildman–Crippen MR) is 59.9 cm³/mol. The van der Waals surface area contributed by atoms with E-state index < -0.39 is 17.7 Å². The van der Waals surface area contributed by atoms with Crippen LogP contribution in [0.5, 0.6) is 0 Å². The van der Waals surface area contributed by atoms with Gasteiger partial charge in [0.1, 0.15) is 0 Å². The van der Waals surface area contributed by atoms with Gasteiger partial charge in [0.2, 0.25) is 5.79 Å². The molecular formula is C12H14O5. The van der Waals surface area contributed by atoms with Crippen LogP contribution in [0.15, 0.2) is 18.2 Å². The van der Waals surface area contributed by atoms with Crippen LogP contribution >= 0.6 is 0 Å². The number of aliphatic hydroxyl groups is 1. The molecule has 0 radical (unpaired) electrons. The maximum absolute atomic E-state index is 11.7. The molecule has 0 aliphatic rings. The zero-order chi connectivity index (χ0) is 13.2. The molecule has 0 amide bonds. The van der Waals surface area contributed by atoms with E-state index in [4.69, 9.17) is 9.84 Å². The lowest BCUT2D eigenvalue weighted by atomic mass is 10.0. The van der Waals surface area contributed by atoms with Crippen LogP contribution in [0.1, 0.15) is 40.1 Å². The number of ether oxygens (including phenoxy) is 1. The molecule has 92 valence electrons. The zero-order valence-corrected chi connectivity index (χ0v) is 9.85. The summed E-state index contributed by atoms with van der Waals surface area (Å²) >= 11 is 0. The number of carbonyl (C=O) groups excluding carboxylic acids is 1. The van der Waals surface area contributed by atoms with E-state index in [0.717, 1.165) is 0 Å². The van der Waals surface area contributed by atoms with Crippen LogP contribution in [0.25, 0.3) is 0 Å². The Labute approximate surface area is 98.6 Å². The highest BCUT2D eigenvalue weighted by molar-refractivity contribution is 6.03. The maximum Gasteiger partial charge on any atom is 0.341 e. The summed E-state index contributed by atoms with van der Waals surface area (Å²) in [5, 5.41) is 18.4. The molecule has 5 nitrogen and oxygen atoms in total. The molecule has 17 heavy (non-hydrogen) atoms. The van der Waals surface area contributed by atoms with Crippen LogP contribution < -0.4 is 0 Å². The Morgan fingerprint density at radius 3 is 2.35 bits per heavy atom. The molecule has 0 unspecified atom stereocenters. The van der Waals surface area contributed by atoms with Crippen LogP contribution in [0.3, 0.4) is 0 Å². The lowest BCUT2D eigenvalue weighted by molar-refractivity contribution is -0.136. The summed E-state index contributed by atoms with van der Waals surface area (Å²) in [6, 6.07) is 4.50. The van der Waals surface area contributed by atoms with Crippen molar-refractivity contribution in [2.45, 2.75) is 26.6 Å². The molecule has 0 saturated heterocycles. The van der Waals surface area contributed by atoms with Crippen molar-refractivity contribution in [1.82, 2.24) is 0 Å². The Balaban J connectivity index is 3.19. The highest BCUT2D eigenvalue weighted by Crippen LogP contribution is 2.17. The Kier molecular flexibility index (Phi) is 3.53. The largest absolute Gasteiger partial charge is 0.478 e. The van der Waals surface area contributed by atoms with Gasteiger partial charge in [0, 0.05) is 13.8 Å². The number of carbonyl (C=O) groups is 2. The third-order valence-corrected chi connectivity index (χ3v) is 2.05. The molecule has 0 saturated carbocycles. The summed E-state index contributed by atoms with van der Waals surface area (Å²) in [7, 11) is 0. The molecule has 0 atom stereocenters. The summed E-state index contributed by atoms with van der Waals surface area (Å²) in [5.74, 6) is -3.71. The van der Waals surface area contributed by atoms with Gasteiger partial charge in [-0.15, -0.1) is 0 Å². The number of aryl methyl sites for hydroxylation is 1. The van der Waals surface area contributed by atoms with Gasteiger partial charge in [-0.2, -0.15) is 0 Å². The molecule has 0 aliphatic carbocycles. The molecule has 1 aromatic rings. The van der Waals surface area contributed by atoms with Crippen LogP contribution in [0, 0.1) is 6.92 Å². The van der Waals surface area contributed by atoms with E-state index in [-0.39, 0.29) is 11.1 Å². The Bertz CT molecular complexity index is 456. The topological polar surface area (TPSA) is 83.8 Å². The zero-order valence-electron chi connectivity index (χ0n) is 9.85. The summed E-state index contributed by atoms with van der Waals surface area (Å²) in [5.41, 5.74) is 0.282. The van der Waals surface area contributed by atoms with Crippen molar-refractivity contribution in [2.24, 2.45) is 0 Å². The molecule has 0 bridgehead atoms. The first-order valence-electron chi connectivity index (χ1n) is 5.01. The normalized spacial score (nSPS) is 11.1. The molecule has 0 aromatic heterocycles. The summed E-state index contributed by atoms with van der Waals surface area (Å²) in [6.45, 7) is 4.17. The Morgan fingerprint density at radius 1 is 1.29 bits per heavy atom. The van der Waals surface area contributed by atoms with E-state index in [9.17, 15) is 14.7 Å². The molecule has 1 aromatic carbocycles. The van der Waals surface area contributed by atoms with Crippen molar-refractivity contribution < 1.29 is 24.5 Å². The summed E-state index contributed by atoms with van der Waals surface area (Å²) in [4.78, 5) is 22.7. The van der Waals surface area contributed by atoms with Gasteiger partial charge in [0.15, 0.2) is 0 Å². The van der Waals surface area contributed by atoms with E-state index in [2.05, 4.69) is 0 Å². The number of esters is 1. The number of hydrogen-bond acceptors (Lipinski definition) is 4. The van der Waals surface area contributed by atoms with Crippen molar-refractivity contribution >= 4 is 11.9 Å². The lowest BCUT2D eigenvalue weighted by Crippen LogP contribution is -2.28. The molecule has 1 rings (SSSR count). The van der Waals surface area contributed by atoms with Crippen LogP contribution in [-0.2, 0) is 4.74 Å². The molecule has 0 spiro atoms. The van der Waals surface area contributed by atoms with Gasteiger partial charge in [-0.25, -0.2) is 9.59 Å². The van der Waals surface area contributed by atoms with E-state index >= 15 is 0 Å². The van der Waals surface area contributed by atoms with E-state index in [1.165, 1.54) is 19.9 Å². The number of rotatable bonds is 3. The lowest BCUT2D eigenvalue weighted by Gasteiger charge is -2.18. The molecule has 0 fully saturated rings. The van der Waals surface area contributed by atoms with Crippen LogP contribution in [0.2, 0.25) is 0 Å². The fourth-order valence-corrected chi connectivity index (χ4v) is 1.40. The van der Waals surface area contributed by atoms with E-state index in [1.807, 2.05) is 0 Å². The minimum atomic E-state index is -1.64. The Morgan fingerprint density at radius 2 is 1.88 bits per heavy atom. The van der Waals surface area contributed by atoms with Gasteiger partial charge in [-0.05, 0) is 18.6 Å². The first kappa shape index (κ1) is 13.2. The highest BCUT2D eigenvalue weighted by atomic mass is 16.7. The SMILES string of the molecule is Cc1cccc(C(=O)OC(C)(C)O)c1C(=O)O. The van der Waals surface area contributed by atoms with Crippen molar-refractivity contribution in [3.8, 4) is 0 Å². The quantitative estimate of drug-likeness (QED) is 0.617. The summed E-state index contributed by atoms with van der Waals surface area (Å²) < 4.78 is 4.72. The third-order valence-electron chi connectivity index (χ3n) is 2.05. The molecule has 0 heterocycles. The van der Waals surface area contributed by atoms with Gasteiger partial charge in [0.05, 0.1) is 11.1 Å². The fraction of sp³-hybridized carbons (Fsp3) is 0.333. The first-order chi connectivity index (χ1) is 7.72. The van der Waals surface area contributed by atoms with Gasteiger partial charge >= 0.3 is 11.9 Å². The number of carboxylic acid groups (broad SMARTS) is 1. The molecule has 0 aliphatic heterocycles. The van der Waals surface area contributed by atoms with Crippen molar-refractivity contribution in [3.63, 3.8) is 0 Å². The fourth-order valence-electron chi connectivity index (χ4n) is 1.40. The van der Waals surface area contributed by atoms with Crippen molar-refractivity contribution in [3.05, 3.63) is 34.9 Å². The van der Waals surface area contributed by atoms with Gasteiger partial charge in [0.25, 0.3) is 0 Å². The number of aromatic carboxylic acids is 1. The number of carboxylic acids is 1. The number of hydrogen-bond donors (Lipinski definition) is 2. The number of benzene rings is 1. The minimum Gasteiger partial charge on any atom is -0.478 e. The van der Waals surface area contributed by atoms with E-state index in [1.54, 1.807) is 19.1 Å². The second kappa shape index (κ2) is 4.55. The Hall–Kier alpha value is -1.88. The predicted octanol–water partition coefficient (Wildman–Crippen LogP) is 1.58. The van der Waals surface area contributed by atoms with Gasteiger partial charge in [-0.3, -0.25) is 0 Å². The second-order valence-electron chi connectivity index (χ2n) is 4.14. The minimum absolute atomic E-state index is 0.0698. The van der Waals surface area contributed by atoms with Crippen molar-refractivity contribution in [1.29, 1.82) is 0 Å². The average molecular weight is 238 g/mol. The van der Waals surface area contributed by atoms with Crippen molar-refractivity contribution in [2.75, 3.05) is 0 Å². The third kappa shape index (κ3) is 3.29. The van der Waals surface area contributed by atoms with Crippen LogP contribution in [0.4, 0.5) is 0 Å².